The molecule has 0 fully saturated rings. The highest BCUT2D eigenvalue weighted by Gasteiger charge is 2.12. The van der Waals surface area contributed by atoms with Crippen LogP contribution in [0.5, 0.6) is 0 Å². The molecular weight excluding hydrogens is 242 g/mol. The van der Waals surface area contributed by atoms with Crippen molar-refractivity contribution in [2.75, 3.05) is 25.5 Å². The number of aryl methyl sites for hydroxylation is 1. The van der Waals surface area contributed by atoms with Gasteiger partial charge in [-0.15, -0.1) is 0 Å². The van der Waals surface area contributed by atoms with Crippen LogP contribution < -0.4 is 10.2 Å². The minimum absolute atomic E-state index is 0.106. The number of rotatable bonds is 5. The van der Waals surface area contributed by atoms with Crippen molar-refractivity contribution in [1.29, 1.82) is 0 Å². The molecule has 0 atom stereocenters. The van der Waals surface area contributed by atoms with E-state index in [0.717, 1.165) is 29.8 Å². The number of anilines is 1. The molecule has 1 heterocycles. The number of hydrogen-bond acceptors (Lipinski definition) is 4. The fourth-order valence-corrected chi connectivity index (χ4v) is 1.97. The Bertz CT molecular complexity index is 577. The molecule has 0 unspecified atom stereocenters. The third-order valence-corrected chi connectivity index (χ3v) is 3.06. The molecular formula is C14H19N3O2. The van der Waals surface area contributed by atoms with Gasteiger partial charge >= 0.3 is 0 Å². The molecule has 0 aliphatic carbocycles. The molecule has 0 spiro atoms. The highest BCUT2D eigenvalue weighted by atomic mass is 16.3. The first kappa shape index (κ1) is 13.5. The summed E-state index contributed by atoms with van der Waals surface area (Å²) in [6, 6.07) is 5.60. The summed E-state index contributed by atoms with van der Waals surface area (Å²) in [5.74, 6) is 0.741. The molecule has 2 aromatic rings. The van der Waals surface area contributed by atoms with Crippen molar-refractivity contribution in [3.05, 3.63) is 24.1 Å². The maximum atomic E-state index is 12.0. The second-order valence-electron chi connectivity index (χ2n) is 4.54. The second-order valence-corrected chi connectivity index (χ2v) is 4.54. The average molecular weight is 261 g/mol. The van der Waals surface area contributed by atoms with E-state index >= 15 is 0 Å². The fourth-order valence-electron chi connectivity index (χ4n) is 1.97. The first-order valence-electron chi connectivity index (χ1n) is 6.40. The van der Waals surface area contributed by atoms with Crippen LogP contribution in [-0.4, -0.2) is 31.5 Å². The van der Waals surface area contributed by atoms with Gasteiger partial charge in [-0.1, -0.05) is 0 Å². The molecule has 0 aliphatic heterocycles. The van der Waals surface area contributed by atoms with Gasteiger partial charge in [0.05, 0.1) is 0 Å². The first-order chi connectivity index (χ1) is 9.11. The third kappa shape index (κ3) is 3.12. The zero-order valence-electron chi connectivity index (χ0n) is 11.6. The van der Waals surface area contributed by atoms with Crippen LogP contribution in [0.3, 0.4) is 0 Å². The SMILES string of the molecule is CNCCCC(=O)N(C)c1ccc2oc(C)nc2c1. The Labute approximate surface area is 112 Å². The summed E-state index contributed by atoms with van der Waals surface area (Å²) in [6.07, 6.45) is 1.37. The number of amides is 1. The van der Waals surface area contributed by atoms with Crippen LogP contribution in [0.4, 0.5) is 5.69 Å². The normalized spacial score (nSPS) is 10.9. The fraction of sp³-hybridized carbons (Fsp3) is 0.429. The van der Waals surface area contributed by atoms with E-state index in [1.807, 2.05) is 32.2 Å². The number of oxazole rings is 1. The summed E-state index contributed by atoms with van der Waals surface area (Å²) < 4.78 is 5.42. The zero-order chi connectivity index (χ0) is 13.8. The quantitative estimate of drug-likeness (QED) is 0.837. The zero-order valence-corrected chi connectivity index (χ0v) is 11.6. The molecule has 0 aliphatic rings. The summed E-state index contributed by atoms with van der Waals surface area (Å²) in [5.41, 5.74) is 2.37. The van der Waals surface area contributed by atoms with E-state index in [1.165, 1.54) is 0 Å². The van der Waals surface area contributed by atoms with Crippen molar-refractivity contribution < 1.29 is 9.21 Å². The van der Waals surface area contributed by atoms with Gasteiger partial charge in [-0.2, -0.15) is 0 Å². The van der Waals surface area contributed by atoms with Gasteiger partial charge in [-0.3, -0.25) is 4.79 Å². The molecule has 1 aromatic heterocycles. The molecule has 5 heteroatoms. The maximum absolute atomic E-state index is 12.0. The largest absolute Gasteiger partial charge is 0.441 e. The molecule has 1 amide bonds. The van der Waals surface area contributed by atoms with Crippen LogP contribution in [0.1, 0.15) is 18.7 Å². The Morgan fingerprint density at radius 1 is 1.47 bits per heavy atom. The molecule has 1 N–H and O–H groups in total. The van der Waals surface area contributed by atoms with Crippen molar-refractivity contribution in [2.24, 2.45) is 0 Å². The molecule has 0 radical (unpaired) electrons. The lowest BCUT2D eigenvalue weighted by Crippen LogP contribution is -2.26. The highest BCUT2D eigenvalue weighted by molar-refractivity contribution is 5.94. The first-order valence-corrected chi connectivity index (χ1v) is 6.40. The van der Waals surface area contributed by atoms with Crippen LogP contribution in [0.15, 0.2) is 22.6 Å². The lowest BCUT2D eigenvalue weighted by Gasteiger charge is -2.17. The van der Waals surface area contributed by atoms with Gasteiger partial charge in [0.25, 0.3) is 0 Å². The van der Waals surface area contributed by atoms with Gasteiger partial charge < -0.3 is 14.6 Å². The molecule has 0 saturated heterocycles. The molecule has 19 heavy (non-hydrogen) atoms. The van der Waals surface area contributed by atoms with Crippen molar-refractivity contribution in [3.8, 4) is 0 Å². The highest BCUT2D eigenvalue weighted by Crippen LogP contribution is 2.22. The Morgan fingerprint density at radius 2 is 2.26 bits per heavy atom. The van der Waals surface area contributed by atoms with E-state index in [9.17, 15) is 4.79 Å². The van der Waals surface area contributed by atoms with Crippen molar-refractivity contribution in [3.63, 3.8) is 0 Å². The van der Waals surface area contributed by atoms with Crippen LogP contribution >= 0.6 is 0 Å². The predicted molar refractivity (Wildman–Crippen MR) is 75.3 cm³/mol. The lowest BCUT2D eigenvalue weighted by atomic mass is 10.2. The molecule has 102 valence electrons. The van der Waals surface area contributed by atoms with E-state index in [0.29, 0.717) is 12.3 Å². The Balaban J connectivity index is 2.11. The van der Waals surface area contributed by atoms with Crippen LogP contribution in [0, 0.1) is 6.92 Å². The topological polar surface area (TPSA) is 58.4 Å². The average Bonchev–Trinajstić information content (AvgIpc) is 2.77. The van der Waals surface area contributed by atoms with Crippen molar-refractivity contribution in [1.82, 2.24) is 10.3 Å². The molecule has 0 bridgehead atoms. The van der Waals surface area contributed by atoms with Gasteiger partial charge in [0.2, 0.25) is 5.91 Å². The predicted octanol–water partition coefficient (Wildman–Crippen LogP) is 2.10. The minimum Gasteiger partial charge on any atom is -0.441 e. The molecule has 2 rings (SSSR count). The van der Waals surface area contributed by atoms with Crippen molar-refractivity contribution >= 4 is 22.7 Å². The van der Waals surface area contributed by atoms with Crippen molar-refractivity contribution in [2.45, 2.75) is 19.8 Å². The second kappa shape index (κ2) is 5.84. The van der Waals surface area contributed by atoms with Crippen LogP contribution in [-0.2, 0) is 4.79 Å². The van der Waals surface area contributed by atoms with Crippen LogP contribution in [0.25, 0.3) is 11.1 Å². The molecule has 1 aromatic carbocycles. The maximum Gasteiger partial charge on any atom is 0.226 e. The monoisotopic (exact) mass is 261 g/mol. The Kier molecular flexibility index (Phi) is 4.16. The van der Waals surface area contributed by atoms with Gasteiger partial charge in [0.1, 0.15) is 5.52 Å². The number of nitrogens with one attached hydrogen (secondary N) is 1. The smallest absolute Gasteiger partial charge is 0.226 e. The van der Waals surface area contributed by atoms with E-state index in [-0.39, 0.29) is 5.91 Å². The van der Waals surface area contributed by atoms with E-state index in [2.05, 4.69) is 10.3 Å². The summed E-state index contributed by atoms with van der Waals surface area (Å²) >= 11 is 0. The number of fused-ring (bicyclic) bond motifs is 1. The number of carbonyl (C=O) groups excluding carboxylic acids is 1. The summed E-state index contributed by atoms with van der Waals surface area (Å²) in [5, 5.41) is 3.04. The summed E-state index contributed by atoms with van der Waals surface area (Å²) in [7, 11) is 3.67. The van der Waals surface area contributed by atoms with Gasteiger partial charge in [0.15, 0.2) is 11.5 Å². The third-order valence-electron chi connectivity index (χ3n) is 3.06. The lowest BCUT2D eigenvalue weighted by molar-refractivity contribution is -0.118. The standard InChI is InChI=1S/C14H19N3O2/c1-10-16-12-9-11(6-7-13(12)19-10)17(3)14(18)5-4-8-15-2/h6-7,9,15H,4-5,8H2,1-3H3. The van der Waals surface area contributed by atoms with Crippen LogP contribution in [0.2, 0.25) is 0 Å². The Hall–Kier alpha value is -1.88. The number of aromatic nitrogens is 1. The van der Waals surface area contributed by atoms with E-state index < -0.39 is 0 Å². The van der Waals surface area contributed by atoms with Gasteiger partial charge in [-0.25, -0.2) is 4.98 Å². The molecule has 0 saturated carbocycles. The number of benzene rings is 1. The van der Waals surface area contributed by atoms with E-state index in [1.54, 1.807) is 11.9 Å². The number of nitrogens with zero attached hydrogens (tertiary/aromatic N) is 2. The molecule has 5 nitrogen and oxygen atoms in total. The van der Waals surface area contributed by atoms with Gasteiger partial charge in [0, 0.05) is 26.1 Å². The number of carbonyl (C=O) groups is 1. The van der Waals surface area contributed by atoms with Gasteiger partial charge in [-0.05, 0) is 38.2 Å². The summed E-state index contributed by atoms with van der Waals surface area (Å²) in [4.78, 5) is 18.0. The summed E-state index contributed by atoms with van der Waals surface area (Å²) in [6.45, 7) is 2.66. The minimum atomic E-state index is 0.106. The number of hydrogen-bond donors (Lipinski definition) is 1. The van der Waals surface area contributed by atoms with E-state index in [4.69, 9.17) is 4.42 Å². The Morgan fingerprint density at radius 3 is 3.00 bits per heavy atom.